The maximum atomic E-state index is 13.1. The lowest BCUT2D eigenvalue weighted by atomic mass is 9.96. The third-order valence-electron chi connectivity index (χ3n) is 5.37. The van der Waals surface area contributed by atoms with Crippen LogP contribution in [0.5, 0.6) is 0 Å². The molecule has 1 fully saturated rings. The molecule has 2 atom stereocenters. The van der Waals surface area contributed by atoms with Crippen molar-refractivity contribution in [1.82, 2.24) is 10.3 Å². The van der Waals surface area contributed by atoms with Crippen molar-refractivity contribution in [2.24, 2.45) is 5.92 Å². The summed E-state index contributed by atoms with van der Waals surface area (Å²) in [5.74, 6) is 0.685. The summed E-state index contributed by atoms with van der Waals surface area (Å²) in [6.07, 6.45) is 3.69. The summed E-state index contributed by atoms with van der Waals surface area (Å²) in [4.78, 5) is 21.0. The van der Waals surface area contributed by atoms with Gasteiger partial charge in [0.2, 0.25) is 5.91 Å². The van der Waals surface area contributed by atoms with E-state index in [2.05, 4.69) is 34.3 Å². The van der Waals surface area contributed by atoms with Crippen LogP contribution in [0.25, 0.3) is 10.1 Å². The van der Waals surface area contributed by atoms with Crippen molar-refractivity contribution >= 4 is 33.1 Å². The molecule has 1 aliphatic rings. The van der Waals surface area contributed by atoms with Crippen LogP contribution in [0.4, 0.5) is 10.2 Å². The largest absolute Gasteiger partial charge is 0.355 e. The maximum absolute atomic E-state index is 13.1. The predicted molar refractivity (Wildman–Crippen MR) is 112 cm³/mol. The van der Waals surface area contributed by atoms with Crippen LogP contribution in [-0.4, -0.2) is 24.0 Å². The Morgan fingerprint density at radius 3 is 2.89 bits per heavy atom. The number of piperidine rings is 1. The minimum atomic E-state index is -0.268. The normalized spacial score (nSPS) is 18.2. The minimum Gasteiger partial charge on any atom is -0.355 e. The van der Waals surface area contributed by atoms with E-state index in [-0.39, 0.29) is 23.7 Å². The van der Waals surface area contributed by atoms with Gasteiger partial charge < -0.3 is 10.2 Å². The second-order valence-electron chi connectivity index (χ2n) is 7.47. The monoisotopic (exact) mass is 397 g/mol. The third kappa shape index (κ3) is 3.87. The highest BCUT2D eigenvalue weighted by Gasteiger charge is 2.28. The highest BCUT2D eigenvalue weighted by molar-refractivity contribution is 7.19. The summed E-state index contributed by atoms with van der Waals surface area (Å²) in [6.45, 7) is 5.63. The minimum absolute atomic E-state index is 0.0511. The Balaban J connectivity index is 1.47. The van der Waals surface area contributed by atoms with Crippen molar-refractivity contribution in [1.29, 1.82) is 0 Å². The fourth-order valence-corrected chi connectivity index (χ4v) is 4.79. The summed E-state index contributed by atoms with van der Waals surface area (Å²) in [7, 11) is 0. The number of carbonyl (C=O) groups excluding carboxylic acids is 1. The molecule has 0 aliphatic carbocycles. The molecule has 0 radical (unpaired) electrons. The molecule has 3 heterocycles. The molecule has 3 aromatic rings. The SMILES string of the molecule is Cc1cc2c(N3CCC[C@@H](C(=O)N[C@H](C)c4ccc(F)cc4)C3)nccc2s1. The number of carbonyl (C=O) groups is 1. The molecular formula is C22H24FN3OS. The summed E-state index contributed by atoms with van der Waals surface area (Å²) >= 11 is 1.77. The number of anilines is 1. The lowest BCUT2D eigenvalue weighted by molar-refractivity contribution is -0.125. The van der Waals surface area contributed by atoms with Crippen LogP contribution in [0, 0.1) is 18.7 Å². The Hall–Kier alpha value is -2.47. The summed E-state index contributed by atoms with van der Waals surface area (Å²) < 4.78 is 14.4. The number of rotatable bonds is 4. The number of benzene rings is 1. The van der Waals surface area contributed by atoms with Gasteiger partial charge in [-0.3, -0.25) is 4.79 Å². The van der Waals surface area contributed by atoms with Gasteiger partial charge in [0.25, 0.3) is 0 Å². The Morgan fingerprint density at radius 1 is 1.32 bits per heavy atom. The first kappa shape index (κ1) is 18.9. The van der Waals surface area contributed by atoms with Gasteiger partial charge in [-0.15, -0.1) is 11.3 Å². The molecule has 4 nitrogen and oxygen atoms in total. The van der Waals surface area contributed by atoms with E-state index < -0.39 is 0 Å². The molecule has 1 aliphatic heterocycles. The number of fused-ring (bicyclic) bond motifs is 1. The number of nitrogens with zero attached hydrogens (tertiary/aromatic N) is 2. The zero-order chi connectivity index (χ0) is 19.7. The van der Waals surface area contributed by atoms with Crippen LogP contribution in [0.15, 0.2) is 42.6 Å². The van der Waals surface area contributed by atoms with Crippen LogP contribution < -0.4 is 10.2 Å². The lowest BCUT2D eigenvalue weighted by Gasteiger charge is -2.33. The molecule has 1 saturated heterocycles. The van der Waals surface area contributed by atoms with Crippen molar-refractivity contribution in [2.45, 2.75) is 32.7 Å². The van der Waals surface area contributed by atoms with Gasteiger partial charge in [-0.1, -0.05) is 12.1 Å². The van der Waals surface area contributed by atoms with E-state index in [1.54, 1.807) is 23.5 Å². The van der Waals surface area contributed by atoms with E-state index in [1.807, 2.05) is 13.1 Å². The first-order valence-corrected chi connectivity index (χ1v) is 10.5. The quantitative estimate of drug-likeness (QED) is 0.685. The van der Waals surface area contributed by atoms with Crippen LogP contribution in [-0.2, 0) is 4.79 Å². The topological polar surface area (TPSA) is 45.2 Å². The fraction of sp³-hybridized carbons (Fsp3) is 0.364. The van der Waals surface area contributed by atoms with E-state index in [0.717, 1.165) is 30.8 Å². The van der Waals surface area contributed by atoms with Crippen molar-refractivity contribution in [3.05, 3.63) is 58.9 Å². The van der Waals surface area contributed by atoms with Gasteiger partial charge in [-0.25, -0.2) is 9.37 Å². The molecule has 28 heavy (non-hydrogen) atoms. The van der Waals surface area contributed by atoms with Gasteiger partial charge >= 0.3 is 0 Å². The predicted octanol–water partition coefficient (Wildman–Crippen LogP) is 4.84. The molecule has 1 aromatic carbocycles. The Kier molecular flexibility index (Phi) is 5.31. The number of aromatic nitrogens is 1. The number of amides is 1. The molecule has 0 saturated carbocycles. The zero-order valence-electron chi connectivity index (χ0n) is 16.1. The van der Waals surface area contributed by atoms with Crippen molar-refractivity contribution in [3.63, 3.8) is 0 Å². The lowest BCUT2D eigenvalue weighted by Crippen LogP contribution is -2.44. The molecule has 1 N–H and O–H groups in total. The number of thiophene rings is 1. The number of hydrogen-bond acceptors (Lipinski definition) is 4. The van der Waals surface area contributed by atoms with Crippen molar-refractivity contribution in [2.75, 3.05) is 18.0 Å². The van der Waals surface area contributed by atoms with E-state index in [9.17, 15) is 9.18 Å². The second-order valence-corrected chi connectivity index (χ2v) is 8.76. The van der Waals surface area contributed by atoms with Crippen molar-refractivity contribution < 1.29 is 9.18 Å². The average Bonchev–Trinajstić information content (AvgIpc) is 3.08. The van der Waals surface area contributed by atoms with Crippen LogP contribution in [0.2, 0.25) is 0 Å². The van der Waals surface area contributed by atoms with Gasteiger partial charge in [0.05, 0.1) is 12.0 Å². The summed E-state index contributed by atoms with van der Waals surface area (Å²) in [6, 6.07) is 10.4. The number of hydrogen-bond donors (Lipinski definition) is 1. The molecular weight excluding hydrogens is 373 g/mol. The zero-order valence-corrected chi connectivity index (χ0v) is 16.9. The highest BCUT2D eigenvalue weighted by atomic mass is 32.1. The Morgan fingerprint density at radius 2 is 2.11 bits per heavy atom. The number of aryl methyl sites for hydroxylation is 1. The third-order valence-corrected chi connectivity index (χ3v) is 6.38. The number of nitrogens with one attached hydrogen (secondary N) is 1. The highest BCUT2D eigenvalue weighted by Crippen LogP contribution is 2.33. The van der Waals surface area contributed by atoms with Gasteiger partial charge in [0.15, 0.2) is 0 Å². The Bertz CT molecular complexity index is 985. The van der Waals surface area contributed by atoms with Gasteiger partial charge in [0.1, 0.15) is 11.6 Å². The molecule has 4 rings (SSSR count). The average molecular weight is 398 g/mol. The van der Waals surface area contributed by atoms with E-state index in [0.29, 0.717) is 6.54 Å². The van der Waals surface area contributed by atoms with E-state index in [1.165, 1.54) is 27.1 Å². The van der Waals surface area contributed by atoms with Gasteiger partial charge in [-0.2, -0.15) is 0 Å². The van der Waals surface area contributed by atoms with Crippen LogP contribution >= 0.6 is 11.3 Å². The standard InChI is InChI=1S/C22H24FN3OS/c1-14-12-19-20(28-14)9-10-24-21(19)26-11-3-4-17(13-26)22(27)25-15(2)16-5-7-18(23)8-6-16/h5-10,12,15,17H,3-4,11,13H2,1-2H3,(H,25,27)/t15-,17-/m1/s1. The molecule has 0 bridgehead atoms. The van der Waals surface area contributed by atoms with Crippen LogP contribution in [0.1, 0.15) is 36.2 Å². The summed E-state index contributed by atoms with van der Waals surface area (Å²) in [5, 5.41) is 4.26. The smallest absolute Gasteiger partial charge is 0.225 e. The number of pyridine rings is 1. The fourth-order valence-electron chi connectivity index (χ4n) is 3.88. The molecule has 0 unspecified atom stereocenters. The maximum Gasteiger partial charge on any atom is 0.225 e. The Labute approximate surface area is 168 Å². The first-order chi connectivity index (χ1) is 13.5. The molecule has 6 heteroatoms. The van der Waals surface area contributed by atoms with Gasteiger partial charge in [-0.05, 0) is 56.5 Å². The van der Waals surface area contributed by atoms with Crippen LogP contribution in [0.3, 0.4) is 0 Å². The number of halogens is 1. The molecule has 146 valence electrons. The van der Waals surface area contributed by atoms with E-state index in [4.69, 9.17) is 0 Å². The van der Waals surface area contributed by atoms with Crippen molar-refractivity contribution in [3.8, 4) is 0 Å². The van der Waals surface area contributed by atoms with E-state index >= 15 is 0 Å². The second kappa shape index (κ2) is 7.87. The summed E-state index contributed by atoms with van der Waals surface area (Å²) in [5.41, 5.74) is 0.905. The molecule has 2 aromatic heterocycles. The van der Waals surface area contributed by atoms with Gasteiger partial charge in [0, 0.05) is 34.2 Å². The first-order valence-electron chi connectivity index (χ1n) is 9.67. The molecule has 1 amide bonds. The molecule has 0 spiro atoms.